The Labute approximate surface area is 85.6 Å². The first-order valence-corrected chi connectivity index (χ1v) is 4.84. The van der Waals surface area contributed by atoms with Crippen molar-refractivity contribution in [2.45, 2.75) is 13.3 Å². The maximum Gasteiger partial charge on any atom is 0.118 e. The van der Waals surface area contributed by atoms with Gasteiger partial charge in [0.05, 0.1) is 7.11 Å². The lowest BCUT2D eigenvalue weighted by Gasteiger charge is -2.07. The minimum Gasteiger partial charge on any atom is -0.497 e. The summed E-state index contributed by atoms with van der Waals surface area (Å²) >= 11 is 0. The fourth-order valence-electron chi connectivity index (χ4n) is 1.34. The highest BCUT2D eigenvalue weighted by atomic mass is 16.5. The Morgan fingerprint density at radius 2 is 2.00 bits per heavy atom. The summed E-state index contributed by atoms with van der Waals surface area (Å²) in [5, 5.41) is 3.18. The molecule has 0 aliphatic heterocycles. The lowest BCUT2D eigenvalue weighted by atomic mass is 10.1. The van der Waals surface area contributed by atoms with Gasteiger partial charge in [0, 0.05) is 12.7 Å². The van der Waals surface area contributed by atoms with Crippen molar-refractivity contribution in [3.63, 3.8) is 0 Å². The highest BCUT2D eigenvalue weighted by Crippen LogP contribution is 2.16. The van der Waals surface area contributed by atoms with Gasteiger partial charge in [-0.15, -0.1) is 0 Å². The molecule has 0 atom stereocenters. The second-order valence-corrected chi connectivity index (χ2v) is 3.00. The van der Waals surface area contributed by atoms with Gasteiger partial charge >= 0.3 is 0 Å². The summed E-state index contributed by atoms with van der Waals surface area (Å²) < 4.78 is 5.10. The van der Waals surface area contributed by atoms with Gasteiger partial charge in [-0.2, -0.15) is 0 Å². The Morgan fingerprint density at radius 1 is 1.36 bits per heavy atom. The van der Waals surface area contributed by atoms with Crippen LogP contribution in [0.5, 0.6) is 5.75 Å². The van der Waals surface area contributed by atoms with Crippen LogP contribution in [0.4, 0.5) is 0 Å². The molecular formula is C12H17NO. The molecule has 2 nitrogen and oxygen atoms in total. The Hall–Kier alpha value is -1.44. The number of rotatable bonds is 4. The van der Waals surface area contributed by atoms with Crippen molar-refractivity contribution in [1.82, 2.24) is 5.32 Å². The molecule has 0 bridgehead atoms. The fourth-order valence-corrected chi connectivity index (χ4v) is 1.34. The molecule has 0 spiro atoms. The molecule has 0 heterocycles. The number of methoxy groups -OCH3 is 1. The molecule has 2 heteroatoms. The molecular weight excluding hydrogens is 174 g/mol. The predicted molar refractivity (Wildman–Crippen MR) is 60.3 cm³/mol. The van der Waals surface area contributed by atoms with Crippen LogP contribution >= 0.6 is 0 Å². The number of hydrogen-bond acceptors (Lipinski definition) is 2. The van der Waals surface area contributed by atoms with E-state index in [-0.39, 0.29) is 0 Å². The van der Waals surface area contributed by atoms with Gasteiger partial charge in [0.1, 0.15) is 5.75 Å². The second kappa shape index (κ2) is 5.32. The van der Waals surface area contributed by atoms with Crippen molar-refractivity contribution in [2.75, 3.05) is 14.2 Å². The van der Waals surface area contributed by atoms with E-state index in [4.69, 9.17) is 4.74 Å². The monoisotopic (exact) mass is 191 g/mol. The highest BCUT2D eigenvalue weighted by Gasteiger charge is 1.98. The number of ether oxygens (including phenoxy) is 1. The number of allylic oxidation sites excluding steroid dienone is 1. The molecule has 0 amide bonds. The Balaban J connectivity index is 2.89. The minimum absolute atomic E-state index is 0.890. The van der Waals surface area contributed by atoms with Crippen molar-refractivity contribution in [2.24, 2.45) is 0 Å². The maximum absolute atomic E-state index is 5.10. The highest BCUT2D eigenvalue weighted by molar-refractivity contribution is 5.64. The third kappa shape index (κ3) is 2.52. The SMILES string of the molecule is CC/C=C(\NC)c1ccc(OC)cc1. The summed E-state index contributed by atoms with van der Waals surface area (Å²) in [5.74, 6) is 0.890. The van der Waals surface area contributed by atoms with Crippen LogP contribution in [0.2, 0.25) is 0 Å². The molecule has 0 saturated carbocycles. The molecule has 0 aromatic heterocycles. The van der Waals surface area contributed by atoms with Crippen LogP contribution in [0.25, 0.3) is 5.70 Å². The standard InChI is InChI=1S/C12H17NO/c1-4-5-12(13-2)10-6-8-11(14-3)9-7-10/h5-9,13H,4H2,1-3H3/b12-5-. The van der Waals surface area contributed by atoms with Crippen molar-refractivity contribution in [3.05, 3.63) is 35.9 Å². The van der Waals surface area contributed by atoms with E-state index in [0.717, 1.165) is 17.9 Å². The quantitative estimate of drug-likeness (QED) is 0.790. The first-order valence-electron chi connectivity index (χ1n) is 4.84. The van der Waals surface area contributed by atoms with Gasteiger partial charge in [-0.3, -0.25) is 0 Å². The molecule has 1 rings (SSSR count). The van der Waals surface area contributed by atoms with Crippen LogP contribution in [-0.2, 0) is 0 Å². The van der Waals surface area contributed by atoms with E-state index < -0.39 is 0 Å². The van der Waals surface area contributed by atoms with Crippen molar-refractivity contribution < 1.29 is 4.74 Å². The third-order valence-electron chi connectivity index (χ3n) is 2.08. The first kappa shape index (κ1) is 10.6. The lowest BCUT2D eigenvalue weighted by molar-refractivity contribution is 0.415. The zero-order valence-corrected chi connectivity index (χ0v) is 9.00. The van der Waals surface area contributed by atoms with Crippen LogP contribution in [-0.4, -0.2) is 14.2 Å². The van der Waals surface area contributed by atoms with Gasteiger partial charge in [-0.25, -0.2) is 0 Å². The zero-order valence-electron chi connectivity index (χ0n) is 9.00. The molecule has 0 aliphatic carbocycles. The molecule has 0 saturated heterocycles. The summed E-state index contributed by atoms with van der Waals surface area (Å²) in [6, 6.07) is 8.04. The van der Waals surface area contributed by atoms with Gasteiger partial charge in [0.15, 0.2) is 0 Å². The van der Waals surface area contributed by atoms with Crippen molar-refractivity contribution >= 4 is 5.70 Å². The Morgan fingerprint density at radius 3 is 2.43 bits per heavy atom. The van der Waals surface area contributed by atoms with Gasteiger partial charge in [0.25, 0.3) is 0 Å². The molecule has 1 aromatic rings. The Bertz CT molecular complexity index is 301. The van der Waals surface area contributed by atoms with E-state index in [2.05, 4.69) is 30.4 Å². The zero-order chi connectivity index (χ0) is 10.4. The molecule has 14 heavy (non-hydrogen) atoms. The average Bonchev–Trinajstić information content (AvgIpc) is 2.26. The van der Waals surface area contributed by atoms with E-state index in [1.807, 2.05) is 19.2 Å². The number of hydrogen-bond donors (Lipinski definition) is 1. The third-order valence-corrected chi connectivity index (χ3v) is 2.08. The van der Waals surface area contributed by atoms with Gasteiger partial charge in [-0.1, -0.05) is 13.0 Å². The van der Waals surface area contributed by atoms with Crippen LogP contribution < -0.4 is 10.1 Å². The second-order valence-electron chi connectivity index (χ2n) is 3.00. The van der Waals surface area contributed by atoms with Crippen LogP contribution in [0, 0.1) is 0 Å². The topological polar surface area (TPSA) is 21.3 Å². The van der Waals surface area contributed by atoms with Gasteiger partial charge in [-0.05, 0) is 36.2 Å². The summed E-state index contributed by atoms with van der Waals surface area (Å²) in [6.07, 6.45) is 3.20. The van der Waals surface area contributed by atoms with Crippen LogP contribution in [0.1, 0.15) is 18.9 Å². The fraction of sp³-hybridized carbons (Fsp3) is 0.333. The molecule has 0 unspecified atom stereocenters. The van der Waals surface area contributed by atoms with Crippen LogP contribution in [0.3, 0.4) is 0 Å². The molecule has 0 aliphatic rings. The van der Waals surface area contributed by atoms with Crippen molar-refractivity contribution in [1.29, 1.82) is 0 Å². The predicted octanol–water partition coefficient (Wildman–Crippen LogP) is 2.67. The number of nitrogens with one attached hydrogen (secondary N) is 1. The van der Waals surface area contributed by atoms with E-state index in [1.165, 1.54) is 5.56 Å². The average molecular weight is 191 g/mol. The van der Waals surface area contributed by atoms with E-state index in [9.17, 15) is 0 Å². The van der Waals surface area contributed by atoms with E-state index in [0.29, 0.717) is 0 Å². The summed E-state index contributed by atoms with van der Waals surface area (Å²) in [4.78, 5) is 0. The van der Waals surface area contributed by atoms with E-state index >= 15 is 0 Å². The largest absolute Gasteiger partial charge is 0.497 e. The summed E-state index contributed by atoms with van der Waals surface area (Å²) in [7, 11) is 3.61. The minimum atomic E-state index is 0.890. The smallest absolute Gasteiger partial charge is 0.118 e. The summed E-state index contributed by atoms with van der Waals surface area (Å²) in [5.41, 5.74) is 2.35. The van der Waals surface area contributed by atoms with Gasteiger partial charge in [0.2, 0.25) is 0 Å². The number of benzene rings is 1. The summed E-state index contributed by atoms with van der Waals surface area (Å²) in [6.45, 7) is 2.13. The molecule has 1 aromatic carbocycles. The normalized spacial score (nSPS) is 11.2. The van der Waals surface area contributed by atoms with E-state index in [1.54, 1.807) is 7.11 Å². The van der Waals surface area contributed by atoms with Crippen molar-refractivity contribution in [3.8, 4) is 5.75 Å². The Kier molecular flexibility index (Phi) is 4.05. The lowest BCUT2D eigenvalue weighted by Crippen LogP contribution is -2.04. The van der Waals surface area contributed by atoms with Crippen LogP contribution in [0.15, 0.2) is 30.3 Å². The molecule has 0 radical (unpaired) electrons. The van der Waals surface area contributed by atoms with Gasteiger partial charge < -0.3 is 10.1 Å². The first-order chi connectivity index (χ1) is 6.81. The molecule has 0 fully saturated rings. The molecule has 76 valence electrons. The molecule has 1 N–H and O–H groups in total. The maximum atomic E-state index is 5.10.